The van der Waals surface area contributed by atoms with Gasteiger partial charge >= 0.3 is 5.97 Å². The molecule has 3 aromatic rings. The lowest BCUT2D eigenvalue weighted by molar-refractivity contribution is 0.0697. The van der Waals surface area contributed by atoms with E-state index in [1.807, 2.05) is 30.3 Å². The summed E-state index contributed by atoms with van der Waals surface area (Å²) in [6.45, 7) is 0. The summed E-state index contributed by atoms with van der Waals surface area (Å²) < 4.78 is 0. The van der Waals surface area contributed by atoms with Crippen molar-refractivity contribution >= 4 is 27.8 Å². The molecule has 82 valence electrons. The van der Waals surface area contributed by atoms with E-state index in [1.165, 1.54) is 0 Å². The fourth-order valence-corrected chi connectivity index (χ4v) is 1.91. The van der Waals surface area contributed by atoms with E-state index in [9.17, 15) is 4.79 Å². The van der Waals surface area contributed by atoms with Gasteiger partial charge in [-0.15, -0.1) is 0 Å². The maximum Gasteiger partial charge on any atom is 0.335 e. The average Bonchev–Trinajstić information content (AvgIpc) is 2.35. The molecule has 3 heteroatoms. The number of carbonyl (C=O) groups is 1. The lowest BCUT2D eigenvalue weighted by Gasteiger charge is -2.02. The fraction of sp³-hybridized carbons (Fsp3) is 0. The third kappa shape index (κ3) is 1.61. The molecular formula is C14H9NO2. The summed E-state index contributed by atoms with van der Waals surface area (Å²) in [6, 6.07) is 14.7. The van der Waals surface area contributed by atoms with Crippen molar-refractivity contribution in [2.45, 2.75) is 0 Å². The predicted molar refractivity (Wildman–Crippen MR) is 66.2 cm³/mol. The Morgan fingerprint density at radius 1 is 0.941 bits per heavy atom. The molecule has 0 aliphatic carbocycles. The van der Waals surface area contributed by atoms with Crippen molar-refractivity contribution in [3.8, 4) is 0 Å². The molecule has 0 bridgehead atoms. The van der Waals surface area contributed by atoms with Gasteiger partial charge in [0.25, 0.3) is 0 Å². The van der Waals surface area contributed by atoms with Crippen LogP contribution in [0.15, 0.2) is 48.5 Å². The highest BCUT2D eigenvalue weighted by molar-refractivity contribution is 5.97. The summed E-state index contributed by atoms with van der Waals surface area (Å²) in [5, 5.41) is 10.8. The van der Waals surface area contributed by atoms with E-state index in [1.54, 1.807) is 18.2 Å². The molecule has 0 aliphatic heterocycles. The first-order valence-corrected chi connectivity index (χ1v) is 5.27. The van der Waals surface area contributed by atoms with Gasteiger partial charge in [-0.25, -0.2) is 9.78 Å². The molecule has 1 heterocycles. The number of carboxylic acid groups (broad SMARTS) is 1. The van der Waals surface area contributed by atoms with E-state index in [-0.39, 0.29) is 5.56 Å². The second kappa shape index (κ2) is 3.56. The second-order valence-corrected chi connectivity index (χ2v) is 3.89. The van der Waals surface area contributed by atoms with Crippen molar-refractivity contribution in [3.05, 3.63) is 54.1 Å². The maximum absolute atomic E-state index is 10.9. The Morgan fingerprint density at radius 2 is 1.71 bits per heavy atom. The third-order valence-electron chi connectivity index (χ3n) is 2.76. The largest absolute Gasteiger partial charge is 0.478 e. The van der Waals surface area contributed by atoms with E-state index < -0.39 is 5.97 Å². The van der Waals surface area contributed by atoms with E-state index in [0.29, 0.717) is 0 Å². The number of para-hydroxylation sites is 1. The van der Waals surface area contributed by atoms with E-state index in [2.05, 4.69) is 4.98 Å². The molecule has 0 spiro atoms. The molecule has 0 unspecified atom stereocenters. The molecule has 0 radical (unpaired) electrons. The summed E-state index contributed by atoms with van der Waals surface area (Å²) in [5.74, 6) is -0.917. The van der Waals surface area contributed by atoms with Gasteiger partial charge in [0.15, 0.2) is 0 Å². The second-order valence-electron chi connectivity index (χ2n) is 3.89. The standard InChI is InChI=1S/C14H9NO2/c16-14(17)10-5-6-13-11(8-10)7-9-3-1-2-4-12(9)15-13/h1-8H,(H,16,17). The smallest absolute Gasteiger partial charge is 0.335 e. The van der Waals surface area contributed by atoms with Crippen molar-refractivity contribution in [2.75, 3.05) is 0 Å². The van der Waals surface area contributed by atoms with Crippen LogP contribution in [-0.4, -0.2) is 16.1 Å². The number of aromatic nitrogens is 1. The number of nitrogens with zero attached hydrogens (tertiary/aromatic N) is 1. The van der Waals surface area contributed by atoms with Gasteiger partial charge in [-0.1, -0.05) is 18.2 Å². The van der Waals surface area contributed by atoms with Crippen LogP contribution in [0.4, 0.5) is 0 Å². The van der Waals surface area contributed by atoms with Crippen LogP contribution in [0, 0.1) is 0 Å². The number of aromatic carboxylic acids is 1. The zero-order valence-electron chi connectivity index (χ0n) is 8.92. The summed E-state index contributed by atoms with van der Waals surface area (Å²) in [7, 11) is 0. The molecule has 0 saturated carbocycles. The van der Waals surface area contributed by atoms with Gasteiger partial charge < -0.3 is 5.11 Å². The van der Waals surface area contributed by atoms with Gasteiger partial charge in [-0.05, 0) is 30.3 Å². The van der Waals surface area contributed by atoms with E-state index in [4.69, 9.17) is 5.11 Å². The minimum Gasteiger partial charge on any atom is -0.478 e. The number of hydrogen-bond acceptors (Lipinski definition) is 2. The lowest BCUT2D eigenvalue weighted by atomic mass is 10.1. The highest BCUT2D eigenvalue weighted by Crippen LogP contribution is 2.20. The summed E-state index contributed by atoms with van der Waals surface area (Å²) in [4.78, 5) is 15.4. The molecule has 17 heavy (non-hydrogen) atoms. The summed E-state index contributed by atoms with van der Waals surface area (Å²) in [5.41, 5.74) is 2.02. The molecule has 0 amide bonds. The minimum atomic E-state index is -0.917. The monoisotopic (exact) mass is 223 g/mol. The topological polar surface area (TPSA) is 50.2 Å². The molecule has 3 nitrogen and oxygen atoms in total. The third-order valence-corrected chi connectivity index (χ3v) is 2.76. The Kier molecular flexibility index (Phi) is 2.05. The fourth-order valence-electron chi connectivity index (χ4n) is 1.91. The Hall–Kier alpha value is -2.42. The van der Waals surface area contributed by atoms with Crippen LogP contribution < -0.4 is 0 Å². The Bertz CT molecular complexity index is 734. The van der Waals surface area contributed by atoms with Gasteiger partial charge in [0.1, 0.15) is 0 Å². The zero-order chi connectivity index (χ0) is 11.8. The van der Waals surface area contributed by atoms with E-state index in [0.717, 1.165) is 21.8 Å². The number of carboxylic acids is 1. The Morgan fingerprint density at radius 3 is 2.53 bits per heavy atom. The van der Waals surface area contributed by atoms with Crippen molar-refractivity contribution < 1.29 is 9.90 Å². The molecule has 0 atom stereocenters. The Labute approximate surface area is 97.3 Å². The summed E-state index contributed by atoms with van der Waals surface area (Å²) >= 11 is 0. The van der Waals surface area contributed by atoms with Crippen LogP contribution in [0.2, 0.25) is 0 Å². The van der Waals surface area contributed by atoms with E-state index >= 15 is 0 Å². The van der Waals surface area contributed by atoms with Crippen molar-refractivity contribution in [2.24, 2.45) is 0 Å². The first-order chi connectivity index (χ1) is 8.24. The normalized spacial score (nSPS) is 10.8. The van der Waals surface area contributed by atoms with Crippen LogP contribution in [0.25, 0.3) is 21.8 Å². The van der Waals surface area contributed by atoms with Gasteiger partial charge in [-0.2, -0.15) is 0 Å². The molecule has 0 aliphatic rings. The number of hydrogen-bond donors (Lipinski definition) is 1. The van der Waals surface area contributed by atoms with Crippen LogP contribution in [0.1, 0.15) is 10.4 Å². The molecule has 0 fully saturated rings. The van der Waals surface area contributed by atoms with Crippen molar-refractivity contribution in [1.82, 2.24) is 4.98 Å². The predicted octanol–water partition coefficient (Wildman–Crippen LogP) is 3.09. The zero-order valence-corrected chi connectivity index (χ0v) is 8.92. The number of rotatable bonds is 1. The van der Waals surface area contributed by atoms with Gasteiger partial charge in [-0.3, -0.25) is 0 Å². The highest BCUT2D eigenvalue weighted by atomic mass is 16.4. The number of pyridine rings is 1. The maximum atomic E-state index is 10.9. The SMILES string of the molecule is O=C(O)c1ccc2nc3ccccc3cc2c1. The molecular weight excluding hydrogens is 214 g/mol. The van der Waals surface area contributed by atoms with Crippen molar-refractivity contribution in [1.29, 1.82) is 0 Å². The van der Waals surface area contributed by atoms with Crippen LogP contribution in [0.5, 0.6) is 0 Å². The number of fused-ring (bicyclic) bond motifs is 2. The lowest BCUT2D eigenvalue weighted by Crippen LogP contribution is -1.95. The average molecular weight is 223 g/mol. The molecule has 3 rings (SSSR count). The number of benzene rings is 2. The van der Waals surface area contributed by atoms with Crippen molar-refractivity contribution in [3.63, 3.8) is 0 Å². The Balaban J connectivity index is 2.36. The van der Waals surface area contributed by atoms with Crippen LogP contribution in [0.3, 0.4) is 0 Å². The molecule has 1 N–H and O–H groups in total. The summed E-state index contributed by atoms with van der Waals surface area (Å²) in [6.07, 6.45) is 0. The van der Waals surface area contributed by atoms with Crippen LogP contribution >= 0.6 is 0 Å². The minimum absolute atomic E-state index is 0.287. The molecule has 1 aromatic heterocycles. The molecule has 2 aromatic carbocycles. The highest BCUT2D eigenvalue weighted by Gasteiger charge is 2.05. The molecule has 0 saturated heterocycles. The van der Waals surface area contributed by atoms with Gasteiger partial charge in [0, 0.05) is 10.8 Å². The first kappa shape index (κ1) is 9.78. The quantitative estimate of drug-likeness (QED) is 0.645. The first-order valence-electron chi connectivity index (χ1n) is 5.27. The van der Waals surface area contributed by atoms with Gasteiger partial charge in [0.05, 0.1) is 16.6 Å². The van der Waals surface area contributed by atoms with Crippen LogP contribution in [-0.2, 0) is 0 Å². The van der Waals surface area contributed by atoms with Gasteiger partial charge in [0.2, 0.25) is 0 Å².